The maximum atomic E-state index is 12.5. The van der Waals surface area contributed by atoms with Crippen molar-refractivity contribution in [3.8, 4) is 11.1 Å². The third-order valence-electron chi connectivity index (χ3n) is 4.78. The predicted octanol–water partition coefficient (Wildman–Crippen LogP) is 3.29. The van der Waals surface area contributed by atoms with Gasteiger partial charge in [-0.1, -0.05) is 30.3 Å². The molecule has 1 saturated heterocycles. The van der Waals surface area contributed by atoms with Crippen molar-refractivity contribution in [2.24, 2.45) is 5.92 Å². The van der Waals surface area contributed by atoms with Gasteiger partial charge in [0.25, 0.3) is 5.91 Å². The van der Waals surface area contributed by atoms with Crippen LogP contribution in [-0.4, -0.2) is 38.6 Å². The van der Waals surface area contributed by atoms with Gasteiger partial charge in [-0.25, -0.2) is 4.79 Å². The van der Waals surface area contributed by atoms with E-state index < -0.39 is 0 Å². The van der Waals surface area contributed by atoms with Gasteiger partial charge in [0.2, 0.25) is 0 Å². The highest BCUT2D eigenvalue weighted by Gasteiger charge is 2.16. The second-order valence-corrected chi connectivity index (χ2v) is 6.52. The van der Waals surface area contributed by atoms with Crippen LogP contribution in [0.5, 0.6) is 0 Å². The van der Waals surface area contributed by atoms with Gasteiger partial charge in [-0.15, -0.1) is 12.4 Å². The Kier molecular flexibility index (Phi) is 7.82. The number of amides is 1. The van der Waals surface area contributed by atoms with Gasteiger partial charge >= 0.3 is 5.97 Å². The lowest BCUT2D eigenvalue weighted by Gasteiger charge is -2.22. The molecule has 2 aromatic rings. The Labute approximate surface area is 165 Å². The summed E-state index contributed by atoms with van der Waals surface area (Å²) in [6.45, 7) is 2.73. The molecular formula is C21H25ClN2O3. The molecule has 2 aromatic carbocycles. The summed E-state index contributed by atoms with van der Waals surface area (Å²) >= 11 is 0. The van der Waals surface area contributed by atoms with Crippen LogP contribution < -0.4 is 10.6 Å². The standard InChI is InChI=1S/C21H24N2O3.ClH/c1-26-21(25)19-8-3-2-7-18(19)16-5-4-6-17(13-16)20(24)23-14-15-9-11-22-12-10-15;/h2-8,13,15,22H,9-12,14H2,1H3,(H,23,24);1H. The molecule has 0 saturated carbocycles. The van der Waals surface area contributed by atoms with Crippen LogP contribution in [0.15, 0.2) is 48.5 Å². The Hall–Kier alpha value is -2.37. The third-order valence-corrected chi connectivity index (χ3v) is 4.78. The number of carbonyl (C=O) groups excluding carboxylic acids is 2. The smallest absolute Gasteiger partial charge is 0.338 e. The molecule has 0 spiro atoms. The maximum Gasteiger partial charge on any atom is 0.338 e. The Morgan fingerprint density at radius 1 is 1.11 bits per heavy atom. The predicted molar refractivity (Wildman–Crippen MR) is 108 cm³/mol. The molecule has 2 N–H and O–H groups in total. The lowest BCUT2D eigenvalue weighted by Crippen LogP contribution is -2.35. The Morgan fingerprint density at radius 3 is 2.59 bits per heavy atom. The number of piperidine rings is 1. The monoisotopic (exact) mass is 388 g/mol. The van der Waals surface area contributed by atoms with Crippen molar-refractivity contribution >= 4 is 24.3 Å². The van der Waals surface area contributed by atoms with Gasteiger partial charge in [-0.3, -0.25) is 4.79 Å². The summed E-state index contributed by atoms with van der Waals surface area (Å²) in [5.41, 5.74) is 2.66. The highest BCUT2D eigenvalue weighted by atomic mass is 35.5. The van der Waals surface area contributed by atoms with Gasteiger partial charge in [0.1, 0.15) is 0 Å². The van der Waals surface area contributed by atoms with Crippen LogP contribution >= 0.6 is 12.4 Å². The first kappa shape index (κ1) is 20.9. The van der Waals surface area contributed by atoms with Crippen molar-refractivity contribution in [3.05, 3.63) is 59.7 Å². The number of rotatable bonds is 5. The largest absolute Gasteiger partial charge is 0.465 e. The zero-order valence-electron chi connectivity index (χ0n) is 15.4. The van der Waals surface area contributed by atoms with Crippen LogP contribution in [0.25, 0.3) is 11.1 Å². The van der Waals surface area contributed by atoms with Gasteiger partial charge in [0.05, 0.1) is 12.7 Å². The molecule has 3 rings (SSSR count). The number of hydrogen-bond acceptors (Lipinski definition) is 4. The summed E-state index contributed by atoms with van der Waals surface area (Å²) in [5.74, 6) is 0.0609. The van der Waals surface area contributed by atoms with E-state index >= 15 is 0 Å². The number of ether oxygens (including phenoxy) is 1. The summed E-state index contributed by atoms with van der Waals surface area (Å²) in [6, 6.07) is 14.6. The molecule has 6 heteroatoms. The molecule has 1 aliphatic rings. The first-order valence-electron chi connectivity index (χ1n) is 8.95. The van der Waals surface area contributed by atoms with Crippen LogP contribution in [0.4, 0.5) is 0 Å². The molecule has 1 aliphatic heterocycles. The molecular weight excluding hydrogens is 364 g/mol. The van der Waals surface area contributed by atoms with Crippen LogP contribution in [0.2, 0.25) is 0 Å². The lowest BCUT2D eigenvalue weighted by molar-refractivity contribution is 0.0601. The zero-order valence-corrected chi connectivity index (χ0v) is 16.2. The average molecular weight is 389 g/mol. The van der Waals surface area contributed by atoms with Crippen molar-refractivity contribution in [2.75, 3.05) is 26.7 Å². The number of halogens is 1. The van der Waals surface area contributed by atoms with Crippen molar-refractivity contribution < 1.29 is 14.3 Å². The SMILES string of the molecule is COC(=O)c1ccccc1-c1cccc(C(=O)NCC2CCNCC2)c1.Cl. The average Bonchev–Trinajstić information content (AvgIpc) is 2.72. The number of carbonyl (C=O) groups is 2. The molecule has 0 aromatic heterocycles. The van der Waals surface area contributed by atoms with Gasteiger partial charge in [0.15, 0.2) is 0 Å². The van der Waals surface area contributed by atoms with E-state index in [2.05, 4.69) is 10.6 Å². The molecule has 1 heterocycles. The summed E-state index contributed by atoms with van der Waals surface area (Å²) in [5, 5.41) is 6.37. The highest BCUT2D eigenvalue weighted by molar-refractivity contribution is 5.99. The van der Waals surface area contributed by atoms with E-state index in [-0.39, 0.29) is 24.3 Å². The number of methoxy groups -OCH3 is 1. The van der Waals surface area contributed by atoms with Crippen molar-refractivity contribution in [3.63, 3.8) is 0 Å². The fraction of sp³-hybridized carbons (Fsp3) is 0.333. The quantitative estimate of drug-likeness (QED) is 0.771. The molecule has 5 nitrogen and oxygen atoms in total. The Balaban J connectivity index is 0.00000261. The Bertz CT molecular complexity index is 789. The molecule has 1 fully saturated rings. The van der Waals surface area contributed by atoms with E-state index in [9.17, 15) is 9.59 Å². The van der Waals surface area contributed by atoms with Crippen molar-refractivity contribution in [2.45, 2.75) is 12.8 Å². The van der Waals surface area contributed by atoms with Crippen molar-refractivity contribution in [1.82, 2.24) is 10.6 Å². The minimum absolute atomic E-state index is 0. The minimum atomic E-state index is -0.388. The molecule has 0 unspecified atom stereocenters. The first-order valence-corrected chi connectivity index (χ1v) is 8.95. The van der Waals surface area contributed by atoms with E-state index in [0.29, 0.717) is 23.6 Å². The van der Waals surface area contributed by atoms with E-state index in [4.69, 9.17) is 4.74 Å². The van der Waals surface area contributed by atoms with Gasteiger partial charge in [0, 0.05) is 12.1 Å². The lowest BCUT2D eigenvalue weighted by atomic mass is 9.97. The second kappa shape index (κ2) is 10.1. The molecule has 0 aliphatic carbocycles. The number of benzene rings is 2. The van der Waals surface area contributed by atoms with Crippen LogP contribution in [0, 0.1) is 5.92 Å². The topological polar surface area (TPSA) is 67.4 Å². The van der Waals surface area contributed by atoms with E-state index in [1.165, 1.54) is 7.11 Å². The van der Waals surface area contributed by atoms with Crippen molar-refractivity contribution in [1.29, 1.82) is 0 Å². The minimum Gasteiger partial charge on any atom is -0.465 e. The number of esters is 1. The molecule has 0 radical (unpaired) electrons. The maximum absolute atomic E-state index is 12.5. The zero-order chi connectivity index (χ0) is 18.4. The molecule has 0 atom stereocenters. The van der Waals surface area contributed by atoms with Gasteiger partial charge < -0.3 is 15.4 Å². The van der Waals surface area contributed by atoms with E-state index in [1.54, 1.807) is 18.2 Å². The van der Waals surface area contributed by atoms with E-state index in [1.807, 2.05) is 30.3 Å². The first-order chi connectivity index (χ1) is 12.7. The normalized spacial score (nSPS) is 14.1. The fourth-order valence-corrected chi connectivity index (χ4v) is 3.28. The fourth-order valence-electron chi connectivity index (χ4n) is 3.28. The van der Waals surface area contributed by atoms with E-state index in [0.717, 1.165) is 37.1 Å². The number of nitrogens with one attached hydrogen (secondary N) is 2. The number of hydrogen-bond donors (Lipinski definition) is 2. The van der Waals surface area contributed by atoms with Gasteiger partial charge in [-0.05, 0) is 61.2 Å². The Morgan fingerprint density at radius 2 is 1.85 bits per heavy atom. The summed E-state index contributed by atoms with van der Waals surface area (Å²) in [4.78, 5) is 24.5. The summed E-state index contributed by atoms with van der Waals surface area (Å²) in [7, 11) is 1.36. The molecule has 27 heavy (non-hydrogen) atoms. The van der Waals surface area contributed by atoms with Crippen LogP contribution in [0.3, 0.4) is 0 Å². The summed E-state index contributed by atoms with van der Waals surface area (Å²) < 4.78 is 4.86. The molecule has 144 valence electrons. The van der Waals surface area contributed by atoms with Gasteiger partial charge in [-0.2, -0.15) is 0 Å². The highest BCUT2D eigenvalue weighted by Crippen LogP contribution is 2.25. The van der Waals surface area contributed by atoms with Crippen LogP contribution in [-0.2, 0) is 4.74 Å². The molecule has 0 bridgehead atoms. The third kappa shape index (κ3) is 5.31. The molecule has 1 amide bonds. The summed E-state index contributed by atoms with van der Waals surface area (Å²) in [6.07, 6.45) is 2.18. The second-order valence-electron chi connectivity index (χ2n) is 6.52. The van der Waals surface area contributed by atoms with Crippen LogP contribution in [0.1, 0.15) is 33.6 Å².